The summed E-state index contributed by atoms with van der Waals surface area (Å²) >= 11 is 3.44. The molecule has 1 N–H and O–H groups in total. The van der Waals surface area contributed by atoms with E-state index in [4.69, 9.17) is 4.52 Å². The number of amides is 1. The van der Waals surface area contributed by atoms with E-state index in [-0.39, 0.29) is 5.91 Å². The minimum atomic E-state index is -0.183. The number of nitrogens with one attached hydrogen (secondary N) is 1. The van der Waals surface area contributed by atoms with Crippen molar-refractivity contribution in [2.24, 2.45) is 0 Å². The number of benzene rings is 1. The molecule has 1 amide bonds. The average molecular weight is 372 g/mol. The van der Waals surface area contributed by atoms with Crippen LogP contribution in [0.1, 0.15) is 40.5 Å². The second-order valence-electron chi connectivity index (χ2n) is 5.75. The largest absolute Gasteiger partial charge is 0.336 e. The van der Waals surface area contributed by atoms with Crippen LogP contribution < -0.4 is 5.32 Å². The van der Waals surface area contributed by atoms with Crippen molar-refractivity contribution in [3.05, 3.63) is 51.8 Å². The summed E-state index contributed by atoms with van der Waals surface area (Å²) < 4.78 is 6.12. The Morgan fingerprint density at radius 1 is 1.35 bits per heavy atom. The monoisotopic (exact) mass is 371 g/mol. The third-order valence-electron chi connectivity index (χ3n) is 4.00. The van der Waals surface area contributed by atoms with Crippen molar-refractivity contribution < 1.29 is 9.32 Å². The minimum absolute atomic E-state index is 0.183. The number of carbonyl (C=O) groups is 1. The number of para-hydroxylation sites is 1. The van der Waals surface area contributed by atoms with Crippen LogP contribution in [0, 0.1) is 6.92 Å². The van der Waals surface area contributed by atoms with Gasteiger partial charge < -0.3 is 9.84 Å². The van der Waals surface area contributed by atoms with Gasteiger partial charge in [0.1, 0.15) is 0 Å². The van der Waals surface area contributed by atoms with Crippen LogP contribution in [0.2, 0.25) is 0 Å². The summed E-state index contributed by atoms with van der Waals surface area (Å²) in [6.07, 6.45) is 2.22. The Balaban J connectivity index is 1.79. The van der Waals surface area contributed by atoms with Gasteiger partial charge in [0, 0.05) is 16.1 Å². The zero-order chi connectivity index (χ0) is 16.0. The van der Waals surface area contributed by atoms with E-state index in [0.717, 1.165) is 28.7 Å². The molecule has 1 fully saturated rings. The number of rotatable bonds is 3. The smallest absolute Gasteiger partial charge is 0.259 e. The van der Waals surface area contributed by atoms with E-state index in [9.17, 15) is 4.79 Å². The van der Waals surface area contributed by atoms with Crippen LogP contribution in [-0.2, 0) is 0 Å². The highest BCUT2D eigenvalue weighted by atomic mass is 79.9. The molecule has 0 saturated heterocycles. The van der Waals surface area contributed by atoms with Crippen molar-refractivity contribution in [3.63, 3.8) is 0 Å². The normalized spacial score (nSPS) is 14.2. The number of pyridine rings is 1. The predicted octanol–water partition coefficient (Wildman–Crippen LogP) is 4.42. The zero-order valence-corrected chi connectivity index (χ0v) is 14.1. The van der Waals surface area contributed by atoms with E-state index in [2.05, 4.69) is 31.4 Å². The van der Waals surface area contributed by atoms with Crippen molar-refractivity contribution in [2.75, 3.05) is 5.32 Å². The third kappa shape index (κ3) is 2.63. The third-order valence-corrected chi connectivity index (χ3v) is 4.69. The van der Waals surface area contributed by atoms with Gasteiger partial charge in [0.25, 0.3) is 11.6 Å². The molecule has 1 aromatic carbocycles. The average Bonchev–Trinajstić information content (AvgIpc) is 3.33. The lowest BCUT2D eigenvalue weighted by molar-refractivity contribution is 0.102. The van der Waals surface area contributed by atoms with E-state index < -0.39 is 0 Å². The second-order valence-corrected chi connectivity index (χ2v) is 6.61. The maximum Gasteiger partial charge on any atom is 0.259 e. The van der Waals surface area contributed by atoms with Crippen LogP contribution in [0.15, 0.2) is 39.3 Å². The van der Waals surface area contributed by atoms with E-state index in [0.29, 0.717) is 28.3 Å². The molecule has 1 aliphatic carbocycles. The lowest BCUT2D eigenvalue weighted by Crippen LogP contribution is -2.13. The number of carbonyl (C=O) groups excluding carboxylic acids is 1. The Bertz CT molecular complexity index is 915. The highest BCUT2D eigenvalue weighted by Gasteiger charge is 2.28. The van der Waals surface area contributed by atoms with Crippen molar-refractivity contribution in [1.82, 2.24) is 10.1 Å². The Kier molecular flexibility index (Phi) is 3.41. The Morgan fingerprint density at radius 3 is 2.87 bits per heavy atom. The van der Waals surface area contributed by atoms with Crippen LogP contribution in [0.5, 0.6) is 0 Å². The molecule has 6 heteroatoms. The SMILES string of the molecule is Cc1noc2nc(C3CC3)cc(C(=O)Nc3ccccc3Br)c12. The molecule has 0 bridgehead atoms. The van der Waals surface area contributed by atoms with Gasteiger partial charge in [-0.25, -0.2) is 4.98 Å². The number of anilines is 1. The number of fused-ring (bicyclic) bond motifs is 1. The molecule has 1 saturated carbocycles. The van der Waals surface area contributed by atoms with Gasteiger partial charge >= 0.3 is 0 Å². The van der Waals surface area contributed by atoms with Crippen LogP contribution in [-0.4, -0.2) is 16.0 Å². The molecule has 0 radical (unpaired) electrons. The summed E-state index contributed by atoms with van der Waals surface area (Å²) in [4.78, 5) is 17.3. The number of nitrogens with zero attached hydrogens (tertiary/aromatic N) is 2. The number of aryl methyl sites for hydroxylation is 1. The van der Waals surface area contributed by atoms with Gasteiger partial charge in [-0.05, 0) is 53.9 Å². The first kappa shape index (κ1) is 14.4. The second kappa shape index (κ2) is 5.45. The zero-order valence-electron chi connectivity index (χ0n) is 12.5. The molecule has 3 aromatic rings. The molecular formula is C17H14BrN3O2. The summed E-state index contributed by atoms with van der Waals surface area (Å²) in [5, 5.41) is 7.58. The molecule has 23 heavy (non-hydrogen) atoms. The Morgan fingerprint density at radius 2 is 2.13 bits per heavy atom. The molecule has 4 rings (SSSR count). The minimum Gasteiger partial charge on any atom is -0.336 e. The molecule has 116 valence electrons. The van der Waals surface area contributed by atoms with Crippen molar-refractivity contribution in [2.45, 2.75) is 25.7 Å². The maximum absolute atomic E-state index is 12.8. The highest BCUT2D eigenvalue weighted by Crippen LogP contribution is 2.40. The number of hydrogen-bond acceptors (Lipinski definition) is 4. The van der Waals surface area contributed by atoms with Crippen LogP contribution in [0.4, 0.5) is 5.69 Å². The standard InChI is InChI=1S/C17H14BrN3O2/c1-9-15-11(16(22)19-13-5-3-2-4-12(13)18)8-14(10-6-7-10)20-17(15)23-21-9/h2-5,8,10H,6-7H2,1H3,(H,19,22). The molecule has 2 aromatic heterocycles. The Hall–Kier alpha value is -2.21. The predicted molar refractivity (Wildman–Crippen MR) is 90.6 cm³/mol. The van der Waals surface area contributed by atoms with Gasteiger partial charge in [-0.15, -0.1) is 0 Å². The van der Waals surface area contributed by atoms with E-state index in [1.807, 2.05) is 37.3 Å². The summed E-state index contributed by atoms with van der Waals surface area (Å²) in [6.45, 7) is 1.82. The molecular weight excluding hydrogens is 358 g/mol. The van der Waals surface area contributed by atoms with Gasteiger partial charge in [0.15, 0.2) is 0 Å². The first-order valence-electron chi connectivity index (χ1n) is 7.46. The fourth-order valence-corrected chi connectivity index (χ4v) is 3.02. The molecule has 0 aliphatic heterocycles. The van der Waals surface area contributed by atoms with Gasteiger partial charge in [0.2, 0.25) is 0 Å². The molecule has 5 nitrogen and oxygen atoms in total. The molecule has 0 spiro atoms. The number of hydrogen-bond donors (Lipinski definition) is 1. The van der Waals surface area contributed by atoms with Crippen molar-refractivity contribution >= 4 is 38.6 Å². The maximum atomic E-state index is 12.8. The van der Waals surface area contributed by atoms with Crippen molar-refractivity contribution in [3.8, 4) is 0 Å². The summed E-state index contributed by atoms with van der Waals surface area (Å²) in [5.41, 5.74) is 3.30. The first-order valence-corrected chi connectivity index (χ1v) is 8.25. The van der Waals surface area contributed by atoms with Crippen LogP contribution >= 0.6 is 15.9 Å². The molecule has 2 heterocycles. The summed E-state index contributed by atoms with van der Waals surface area (Å²) in [7, 11) is 0. The first-order chi connectivity index (χ1) is 11.1. The number of aromatic nitrogens is 2. The van der Waals surface area contributed by atoms with Crippen LogP contribution in [0.25, 0.3) is 11.1 Å². The number of halogens is 1. The quantitative estimate of drug-likeness (QED) is 0.739. The fraction of sp³-hybridized carbons (Fsp3) is 0.235. The summed E-state index contributed by atoms with van der Waals surface area (Å²) in [6, 6.07) is 9.39. The summed E-state index contributed by atoms with van der Waals surface area (Å²) in [5.74, 6) is 0.248. The molecule has 0 atom stereocenters. The van der Waals surface area contributed by atoms with Gasteiger partial charge in [-0.3, -0.25) is 4.79 Å². The lowest BCUT2D eigenvalue weighted by Gasteiger charge is -2.09. The molecule has 1 aliphatic rings. The van der Waals surface area contributed by atoms with E-state index >= 15 is 0 Å². The van der Waals surface area contributed by atoms with Gasteiger partial charge in [-0.1, -0.05) is 17.3 Å². The van der Waals surface area contributed by atoms with Crippen LogP contribution in [0.3, 0.4) is 0 Å². The van der Waals surface area contributed by atoms with E-state index in [1.54, 1.807) is 0 Å². The fourth-order valence-electron chi connectivity index (χ4n) is 2.63. The topological polar surface area (TPSA) is 68.0 Å². The molecule has 0 unspecified atom stereocenters. The van der Waals surface area contributed by atoms with E-state index in [1.165, 1.54) is 0 Å². The lowest BCUT2D eigenvalue weighted by atomic mass is 10.1. The highest BCUT2D eigenvalue weighted by molar-refractivity contribution is 9.10. The van der Waals surface area contributed by atoms with Gasteiger partial charge in [0.05, 0.1) is 22.3 Å². The Labute approximate surface area is 141 Å². The van der Waals surface area contributed by atoms with Gasteiger partial charge in [-0.2, -0.15) is 0 Å². The van der Waals surface area contributed by atoms with Crippen molar-refractivity contribution in [1.29, 1.82) is 0 Å².